The predicted molar refractivity (Wildman–Crippen MR) is 132 cm³/mol. The van der Waals surface area contributed by atoms with Crippen LogP contribution in [0.3, 0.4) is 0 Å². The van der Waals surface area contributed by atoms with Gasteiger partial charge in [-0.25, -0.2) is 9.97 Å². The number of alkyl halides is 3. The minimum atomic E-state index is -4.64. The lowest BCUT2D eigenvalue weighted by molar-refractivity contribution is -0.140. The van der Waals surface area contributed by atoms with Crippen molar-refractivity contribution in [2.24, 2.45) is 0 Å². The summed E-state index contributed by atoms with van der Waals surface area (Å²) < 4.78 is 41.5. The fourth-order valence-corrected chi connectivity index (χ4v) is 4.37. The first-order valence-corrected chi connectivity index (χ1v) is 11.9. The molecular formula is C23H21ClF3N9O2. The second-order valence-corrected chi connectivity index (χ2v) is 8.80. The van der Waals surface area contributed by atoms with Gasteiger partial charge in [0, 0.05) is 50.5 Å². The Hall–Kier alpha value is -4.17. The molecule has 11 nitrogen and oxygen atoms in total. The van der Waals surface area contributed by atoms with Crippen LogP contribution < -0.4 is 16.0 Å². The van der Waals surface area contributed by atoms with Gasteiger partial charge in [0.05, 0.1) is 34.6 Å². The number of piperazine rings is 1. The number of imidazole rings is 1. The fourth-order valence-electron chi connectivity index (χ4n) is 4.10. The van der Waals surface area contributed by atoms with Gasteiger partial charge < -0.3 is 20.9 Å². The fraction of sp³-hybridized carbons (Fsp3) is 0.261. The highest BCUT2D eigenvalue weighted by molar-refractivity contribution is 6.34. The number of rotatable bonds is 6. The molecule has 1 fully saturated rings. The number of amides is 2. The van der Waals surface area contributed by atoms with Crippen LogP contribution in [-0.4, -0.2) is 74.0 Å². The number of carbonyl (C=O) groups excluding carboxylic acids is 2. The lowest BCUT2D eigenvalue weighted by Crippen LogP contribution is -2.49. The van der Waals surface area contributed by atoms with Crippen LogP contribution in [0.5, 0.6) is 0 Å². The summed E-state index contributed by atoms with van der Waals surface area (Å²) in [6.45, 7) is 2.44. The van der Waals surface area contributed by atoms with E-state index in [0.717, 1.165) is 6.20 Å². The van der Waals surface area contributed by atoms with Crippen molar-refractivity contribution in [1.82, 2.24) is 40.1 Å². The summed E-state index contributed by atoms with van der Waals surface area (Å²) in [5.74, 6) is -0.417. The number of benzene rings is 1. The number of H-pyrrole nitrogens is 1. The van der Waals surface area contributed by atoms with E-state index in [2.05, 4.69) is 36.1 Å². The van der Waals surface area contributed by atoms with Gasteiger partial charge in [-0.3, -0.25) is 19.1 Å². The lowest BCUT2D eigenvalue weighted by atomic mass is 10.2. The number of carbonyl (C=O) groups is 2. The lowest BCUT2D eigenvalue weighted by Gasteiger charge is -2.27. The molecule has 4 heterocycles. The van der Waals surface area contributed by atoms with Gasteiger partial charge in [0.1, 0.15) is 0 Å². The van der Waals surface area contributed by atoms with Gasteiger partial charge in [0.15, 0.2) is 17.2 Å². The minimum Gasteiger partial charge on any atom is -0.343 e. The van der Waals surface area contributed by atoms with Crippen LogP contribution in [0.1, 0.15) is 16.1 Å². The zero-order valence-corrected chi connectivity index (χ0v) is 20.4. The maximum absolute atomic E-state index is 13.3. The van der Waals surface area contributed by atoms with E-state index in [-0.39, 0.29) is 45.8 Å². The van der Waals surface area contributed by atoms with E-state index < -0.39 is 17.8 Å². The van der Waals surface area contributed by atoms with E-state index in [1.54, 1.807) is 11.0 Å². The van der Waals surface area contributed by atoms with E-state index in [1.807, 2.05) is 0 Å². The van der Waals surface area contributed by atoms with Gasteiger partial charge in [0.25, 0.3) is 5.91 Å². The van der Waals surface area contributed by atoms with Crippen molar-refractivity contribution in [1.29, 1.82) is 0 Å². The maximum atomic E-state index is 13.3. The van der Waals surface area contributed by atoms with Crippen LogP contribution >= 0.6 is 11.6 Å². The Morgan fingerprint density at radius 2 is 1.95 bits per heavy atom. The summed E-state index contributed by atoms with van der Waals surface area (Å²) in [5.41, 5.74) is -0.128. The molecule has 0 saturated carbocycles. The van der Waals surface area contributed by atoms with Gasteiger partial charge in [-0.1, -0.05) is 11.6 Å². The van der Waals surface area contributed by atoms with E-state index in [1.165, 1.54) is 35.1 Å². The summed E-state index contributed by atoms with van der Waals surface area (Å²) >= 11 is 6.34. The minimum absolute atomic E-state index is 0.131. The van der Waals surface area contributed by atoms with Gasteiger partial charge in [-0.05, 0) is 18.2 Å². The molecule has 0 spiro atoms. The average Bonchev–Trinajstić information content (AvgIpc) is 3.55. The second-order valence-electron chi connectivity index (χ2n) is 8.39. The number of hydrogen-bond donors (Lipinski definition) is 4. The number of nitrogens with one attached hydrogen (secondary N) is 4. The van der Waals surface area contributed by atoms with Crippen LogP contribution in [0.15, 0.2) is 43.0 Å². The van der Waals surface area contributed by atoms with Crippen molar-refractivity contribution in [3.63, 3.8) is 0 Å². The molecule has 198 valence electrons. The monoisotopic (exact) mass is 547 g/mol. The number of nitrogens with zero attached hydrogens (tertiary/aromatic N) is 5. The van der Waals surface area contributed by atoms with Crippen LogP contribution in [-0.2, 0) is 11.0 Å². The van der Waals surface area contributed by atoms with Gasteiger partial charge >= 0.3 is 6.18 Å². The van der Waals surface area contributed by atoms with Crippen molar-refractivity contribution in [3.05, 3.63) is 59.3 Å². The molecule has 1 saturated heterocycles. The van der Waals surface area contributed by atoms with E-state index >= 15 is 0 Å². The quantitative estimate of drug-likeness (QED) is 0.292. The third-order valence-electron chi connectivity index (χ3n) is 5.96. The molecule has 2 amide bonds. The van der Waals surface area contributed by atoms with E-state index in [4.69, 9.17) is 11.6 Å². The first-order chi connectivity index (χ1) is 18.2. The molecule has 3 aromatic heterocycles. The average molecular weight is 548 g/mol. The van der Waals surface area contributed by atoms with Crippen LogP contribution in [0, 0.1) is 0 Å². The second kappa shape index (κ2) is 10.3. The smallest absolute Gasteiger partial charge is 0.343 e. The number of fused-ring (bicyclic) bond motifs is 1. The summed E-state index contributed by atoms with van der Waals surface area (Å²) in [5, 5.41) is 14.5. The summed E-state index contributed by atoms with van der Waals surface area (Å²) in [7, 11) is 0. The Morgan fingerprint density at radius 3 is 2.68 bits per heavy atom. The van der Waals surface area contributed by atoms with Gasteiger partial charge in [-0.2, -0.15) is 18.3 Å². The summed E-state index contributed by atoms with van der Waals surface area (Å²) in [6, 6.07) is 4.58. The summed E-state index contributed by atoms with van der Waals surface area (Å²) in [6.07, 6.45) is 0.701. The Kier molecular flexibility index (Phi) is 6.91. The normalized spacial score (nSPS) is 14.1. The molecule has 0 radical (unpaired) electrons. The molecule has 0 unspecified atom stereocenters. The number of aromatic nitrogens is 5. The van der Waals surface area contributed by atoms with Gasteiger partial charge in [-0.15, -0.1) is 0 Å². The van der Waals surface area contributed by atoms with Crippen LogP contribution in [0.4, 0.5) is 24.7 Å². The molecule has 0 aliphatic carbocycles. The Bertz CT molecular complexity index is 1500. The zero-order chi connectivity index (χ0) is 26.9. The number of anilines is 2. The van der Waals surface area contributed by atoms with Crippen molar-refractivity contribution in [3.8, 4) is 11.3 Å². The third kappa shape index (κ3) is 5.13. The van der Waals surface area contributed by atoms with Crippen molar-refractivity contribution < 1.29 is 22.8 Å². The predicted octanol–water partition coefficient (Wildman–Crippen LogP) is 2.70. The summed E-state index contributed by atoms with van der Waals surface area (Å²) in [4.78, 5) is 35.0. The zero-order valence-electron chi connectivity index (χ0n) is 19.6. The topological polar surface area (TPSA) is 132 Å². The molecule has 1 aliphatic heterocycles. The van der Waals surface area contributed by atoms with Gasteiger partial charge in [0.2, 0.25) is 5.91 Å². The Morgan fingerprint density at radius 1 is 1.16 bits per heavy atom. The van der Waals surface area contributed by atoms with Crippen molar-refractivity contribution >= 4 is 40.6 Å². The number of aromatic amines is 1. The molecule has 1 aliphatic rings. The largest absolute Gasteiger partial charge is 0.435 e. The Balaban J connectivity index is 1.31. The molecule has 1 aromatic carbocycles. The molecule has 38 heavy (non-hydrogen) atoms. The van der Waals surface area contributed by atoms with E-state index in [0.29, 0.717) is 31.9 Å². The molecule has 5 rings (SSSR count). The van der Waals surface area contributed by atoms with Crippen LogP contribution in [0.2, 0.25) is 5.02 Å². The molecule has 4 aromatic rings. The molecule has 0 atom stereocenters. The highest BCUT2D eigenvalue weighted by Gasteiger charge is 2.37. The highest BCUT2D eigenvalue weighted by atomic mass is 35.5. The van der Waals surface area contributed by atoms with Crippen molar-refractivity contribution in [2.75, 3.05) is 38.0 Å². The Labute approximate surface area is 218 Å². The van der Waals surface area contributed by atoms with Crippen molar-refractivity contribution in [2.45, 2.75) is 6.18 Å². The SMILES string of the molecule is O=C(NCC(=O)N1CCNCC1)c1ccc(Nc2nccn3c(-c4c[nH]nc4C(F)(F)F)cnc23)cc1Cl. The maximum Gasteiger partial charge on any atom is 0.435 e. The molecule has 0 bridgehead atoms. The first-order valence-electron chi connectivity index (χ1n) is 11.5. The van der Waals surface area contributed by atoms with E-state index in [9.17, 15) is 22.8 Å². The third-order valence-corrected chi connectivity index (χ3v) is 6.27. The van der Waals surface area contributed by atoms with Crippen LogP contribution in [0.25, 0.3) is 16.9 Å². The number of halogens is 4. The first kappa shape index (κ1) is 25.5. The molecule has 15 heteroatoms. The standard InChI is InChI=1S/C23H21ClF3N9O2/c24-16-9-13(1-2-14(16)22(38)31-12-18(37)35-6-3-28-4-7-35)33-20-21-30-11-17(36(21)8-5-29-20)15-10-32-34-19(15)23(25,26)27/h1-2,5,8-11,28H,3-4,6-7,12H2,(H,29,33)(H,31,38)(H,32,34). The number of hydrogen-bond acceptors (Lipinski definition) is 7. The molecule has 4 N–H and O–H groups in total. The highest BCUT2D eigenvalue weighted by Crippen LogP contribution is 2.36. The molecular weight excluding hydrogens is 527 g/mol.